The maximum absolute atomic E-state index is 12.1. The van der Waals surface area contributed by atoms with Gasteiger partial charge in [0.05, 0.1) is 17.5 Å². The third-order valence-corrected chi connectivity index (χ3v) is 5.26. The van der Waals surface area contributed by atoms with Crippen LogP contribution < -0.4 is 5.76 Å². The van der Waals surface area contributed by atoms with Gasteiger partial charge in [0.15, 0.2) is 5.58 Å². The highest BCUT2D eigenvalue weighted by molar-refractivity contribution is 14.1. The number of rotatable bonds is 3. The van der Waals surface area contributed by atoms with Gasteiger partial charge in [-0.25, -0.2) is 4.79 Å². The van der Waals surface area contributed by atoms with Crippen LogP contribution in [-0.2, 0) is 11.3 Å². The zero-order valence-electron chi connectivity index (χ0n) is 12.4. The molecule has 1 heterocycles. The van der Waals surface area contributed by atoms with E-state index in [1.807, 2.05) is 72.9 Å². The molecular formula is C17H16INO3. The molecule has 2 aromatic rings. The minimum absolute atomic E-state index is 0.104. The van der Waals surface area contributed by atoms with Crippen LogP contribution in [0.25, 0.3) is 11.1 Å². The van der Waals surface area contributed by atoms with Crippen LogP contribution in [0, 0.1) is 12.3 Å². The Hall–Kier alpha value is -1.63. The van der Waals surface area contributed by atoms with E-state index in [9.17, 15) is 9.59 Å². The molecule has 0 saturated heterocycles. The smallest absolute Gasteiger partial charge is 0.408 e. The van der Waals surface area contributed by atoms with Gasteiger partial charge in [0.25, 0.3) is 0 Å². The molecule has 1 aliphatic rings. The molecule has 0 aliphatic heterocycles. The molecule has 1 aromatic heterocycles. The summed E-state index contributed by atoms with van der Waals surface area (Å²) >= 11 is 1.84. The van der Waals surface area contributed by atoms with Crippen molar-refractivity contribution >= 4 is 37.5 Å². The van der Waals surface area contributed by atoms with Gasteiger partial charge >= 0.3 is 5.76 Å². The largest absolute Gasteiger partial charge is 0.420 e. The SMILES string of the molecule is Cc1ccc2oc(=O)n(CC3=CC=CC(C)(C(=O)I)C3)c2c1. The average molecular weight is 409 g/mol. The summed E-state index contributed by atoms with van der Waals surface area (Å²) in [5, 5.41) is 0. The highest BCUT2D eigenvalue weighted by Crippen LogP contribution is 2.35. The number of oxazole rings is 1. The van der Waals surface area contributed by atoms with Crippen molar-refractivity contribution in [2.24, 2.45) is 5.41 Å². The maximum atomic E-state index is 12.1. The van der Waals surface area contributed by atoms with E-state index in [4.69, 9.17) is 4.42 Å². The molecule has 114 valence electrons. The van der Waals surface area contributed by atoms with Crippen molar-refractivity contribution in [1.82, 2.24) is 4.57 Å². The molecule has 3 rings (SSSR count). The van der Waals surface area contributed by atoms with Crippen LogP contribution in [0.2, 0.25) is 0 Å². The quantitative estimate of drug-likeness (QED) is 0.573. The number of carbonyl (C=O) groups is 1. The molecule has 0 saturated carbocycles. The fourth-order valence-electron chi connectivity index (χ4n) is 2.75. The lowest BCUT2D eigenvalue weighted by atomic mass is 9.81. The Morgan fingerprint density at radius 1 is 1.45 bits per heavy atom. The van der Waals surface area contributed by atoms with Crippen molar-refractivity contribution in [1.29, 1.82) is 0 Å². The van der Waals surface area contributed by atoms with E-state index in [-0.39, 0.29) is 9.55 Å². The summed E-state index contributed by atoms with van der Waals surface area (Å²) < 4.78 is 7.02. The third-order valence-electron chi connectivity index (χ3n) is 4.02. The number of nitrogens with zero attached hydrogens (tertiary/aromatic N) is 1. The minimum atomic E-state index is -0.496. The van der Waals surface area contributed by atoms with E-state index in [0.29, 0.717) is 18.5 Å². The molecule has 1 aromatic carbocycles. The van der Waals surface area contributed by atoms with Crippen LogP contribution in [0.4, 0.5) is 0 Å². The lowest BCUT2D eigenvalue weighted by Crippen LogP contribution is -2.25. The van der Waals surface area contributed by atoms with Gasteiger partial charge in [0, 0.05) is 22.6 Å². The van der Waals surface area contributed by atoms with E-state index in [1.165, 1.54) is 0 Å². The van der Waals surface area contributed by atoms with Crippen LogP contribution in [-0.4, -0.2) is 8.36 Å². The van der Waals surface area contributed by atoms with E-state index in [0.717, 1.165) is 16.7 Å². The number of aryl methyl sites for hydroxylation is 1. The maximum Gasteiger partial charge on any atom is 0.420 e. The number of fused-ring (bicyclic) bond motifs is 1. The number of benzene rings is 1. The summed E-state index contributed by atoms with van der Waals surface area (Å²) in [5.41, 5.74) is 3.01. The lowest BCUT2D eigenvalue weighted by molar-refractivity contribution is -0.115. The zero-order chi connectivity index (χ0) is 15.9. The van der Waals surface area contributed by atoms with E-state index in [1.54, 1.807) is 4.57 Å². The van der Waals surface area contributed by atoms with Gasteiger partial charge in [-0.05, 0) is 43.5 Å². The average Bonchev–Trinajstić information content (AvgIpc) is 2.75. The lowest BCUT2D eigenvalue weighted by Gasteiger charge is -2.26. The second-order valence-corrected chi connectivity index (χ2v) is 6.96. The van der Waals surface area contributed by atoms with Gasteiger partial charge in [0.1, 0.15) is 0 Å². The van der Waals surface area contributed by atoms with Crippen molar-refractivity contribution in [3.63, 3.8) is 0 Å². The molecule has 1 unspecified atom stereocenters. The van der Waals surface area contributed by atoms with Gasteiger partial charge in [-0.2, -0.15) is 0 Å². The van der Waals surface area contributed by atoms with E-state index < -0.39 is 5.41 Å². The number of carbonyl (C=O) groups excluding carboxylic acids is 1. The first-order chi connectivity index (χ1) is 10.4. The first-order valence-corrected chi connectivity index (χ1v) is 8.14. The normalized spacial score (nSPS) is 21.1. The standard InChI is InChI=1S/C17H16INO3/c1-11-5-6-14-13(8-11)19(16(21)22-14)10-12-4-3-7-17(2,9-12)15(18)20/h3-8H,9-10H2,1-2H3. The molecule has 0 radical (unpaired) electrons. The summed E-state index contributed by atoms with van der Waals surface area (Å²) in [7, 11) is 0. The Labute approximate surface area is 141 Å². The van der Waals surface area contributed by atoms with E-state index in [2.05, 4.69) is 0 Å². The van der Waals surface area contributed by atoms with Crippen molar-refractivity contribution in [3.05, 3.63) is 58.1 Å². The van der Waals surface area contributed by atoms with Crippen LogP contribution in [0.1, 0.15) is 18.9 Å². The fourth-order valence-corrected chi connectivity index (χ4v) is 3.13. The van der Waals surface area contributed by atoms with Gasteiger partial charge in [-0.15, -0.1) is 0 Å². The number of allylic oxidation sites excluding steroid dienone is 4. The van der Waals surface area contributed by atoms with E-state index >= 15 is 0 Å². The number of halogens is 1. The Balaban J connectivity index is 1.98. The minimum Gasteiger partial charge on any atom is -0.408 e. The predicted molar refractivity (Wildman–Crippen MR) is 94.2 cm³/mol. The van der Waals surface area contributed by atoms with Crippen LogP contribution in [0.5, 0.6) is 0 Å². The monoisotopic (exact) mass is 409 g/mol. The van der Waals surface area contributed by atoms with Gasteiger partial charge in [0.2, 0.25) is 3.79 Å². The molecule has 1 atom stereocenters. The predicted octanol–water partition coefficient (Wildman–Crippen LogP) is 3.76. The second-order valence-electron chi connectivity index (χ2n) is 5.98. The Kier molecular flexibility index (Phi) is 3.84. The third kappa shape index (κ3) is 2.69. The topological polar surface area (TPSA) is 52.2 Å². The first-order valence-electron chi connectivity index (χ1n) is 7.06. The second kappa shape index (κ2) is 5.53. The zero-order valence-corrected chi connectivity index (χ0v) is 14.6. The molecule has 0 fully saturated rings. The Morgan fingerprint density at radius 2 is 2.23 bits per heavy atom. The molecule has 0 spiro atoms. The summed E-state index contributed by atoms with van der Waals surface area (Å²) in [6.07, 6.45) is 6.41. The molecule has 1 aliphatic carbocycles. The summed E-state index contributed by atoms with van der Waals surface area (Å²) in [4.78, 5) is 23.9. The first kappa shape index (κ1) is 15.3. The van der Waals surface area contributed by atoms with Crippen LogP contribution >= 0.6 is 22.6 Å². The van der Waals surface area contributed by atoms with Crippen LogP contribution in [0.3, 0.4) is 0 Å². The highest BCUT2D eigenvalue weighted by atomic mass is 127. The molecule has 22 heavy (non-hydrogen) atoms. The molecule has 0 bridgehead atoms. The molecule has 0 amide bonds. The summed E-state index contributed by atoms with van der Waals surface area (Å²) in [5.74, 6) is -0.362. The van der Waals surface area contributed by atoms with Crippen molar-refractivity contribution in [2.45, 2.75) is 26.8 Å². The molecule has 5 heteroatoms. The van der Waals surface area contributed by atoms with Gasteiger partial charge in [-0.3, -0.25) is 9.36 Å². The van der Waals surface area contributed by atoms with Crippen molar-refractivity contribution in [3.8, 4) is 0 Å². The molecule has 4 nitrogen and oxygen atoms in total. The molecule has 0 N–H and O–H groups in total. The Morgan fingerprint density at radius 3 is 2.95 bits per heavy atom. The molecular weight excluding hydrogens is 393 g/mol. The van der Waals surface area contributed by atoms with Gasteiger partial charge in [-0.1, -0.05) is 24.3 Å². The fraction of sp³-hybridized carbons (Fsp3) is 0.294. The number of hydrogen-bond acceptors (Lipinski definition) is 3. The Bertz CT molecular complexity index is 872. The van der Waals surface area contributed by atoms with Crippen LogP contribution in [0.15, 0.2) is 51.2 Å². The van der Waals surface area contributed by atoms with Crippen molar-refractivity contribution < 1.29 is 9.21 Å². The van der Waals surface area contributed by atoms with Gasteiger partial charge < -0.3 is 4.42 Å². The number of aromatic nitrogens is 1. The summed E-state index contributed by atoms with van der Waals surface area (Å²) in [6, 6.07) is 5.68. The summed E-state index contributed by atoms with van der Waals surface area (Å²) in [6.45, 7) is 4.35. The highest BCUT2D eigenvalue weighted by Gasteiger charge is 2.31. The van der Waals surface area contributed by atoms with Crippen molar-refractivity contribution in [2.75, 3.05) is 0 Å². The number of hydrogen-bond donors (Lipinski definition) is 0.